The fourth-order valence-corrected chi connectivity index (χ4v) is 8.46. The second-order valence-electron chi connectivity index (χ2n) is 19.6. The van der Waals surface area contributed by atoms with Crippen LogP contribution in [0.25, 0.3) is 0 Å². The van der Waals surface area contributed by atoms with Gasteiger partial charge in [-0.3, -0.25) is 9.36 Å². The van der Waals surface area contributed by atoms with Gasteiger partial charge in [0.2, 0.25) is 5.91 Å². The van der Waals surface area contributed by atoms with Crippen LogP contribution >= 0.6 is 7.82 Å². The summed E-state index contributed by atoms with van der Waals surface area (Å²) in [4.78, 5) is 25.2. The summed E-state index contributed by atoms with van der Waals surface area (Å²) in [6.07, 6.45) is 63.6. The number of hydrogen-bond acceptors (Lipinski definition) is 6. The summed E-state index contributed by atoms with van der Waals surface area (Å²) in [6.45, 7) is 4.45. The molecule has 380 valence electrons. The molecule has 0 heterocycles. The van der Waals surface area contributed by atoms with E-state index in [0.717, 1.165) is 70.6 Å². The van der Waals surface area contributed by atoms with Crippen molar-refractivity contribution < 1.29 is 32.9 Å². The number of quaternary nitrogens is 1. The van der Waals surface area contributed by atoms with Crippen molar-refractivity contribution in [2.45, 2.75) is 251 Å². The maximum atomic E-state index is 12.8. The summed E-state index contributed by atoms with van der Waals surface area (Å²) in [5.41, 5.74) is 0. The summed E-state index contributed by atoms with van der Waals surface area (Å²) >= 11 is 0. The monoisotopic (exact) mass is 933 g/mol. The molecule has 0 fully saturated rings. The molecule has 0 aromatic carbocycles. The predicted molar refractivity (Wildman–Crippen MR) is 279 cm³/mol. The molecule has 0 bridgehead atoms. The van der Waals surface area contributed by atoms with Gasteiger partial charge in [-0.1, -0.05) is 235 Å². The van der Waals surface area contributed by atoms with E-state index in [4.69, 9.17) is 9.05 Å². The number of phosphoric ester groups is 1. The number of rotatable bonds is 49. The molecule has 0 spiro atoms. The Bertz CT molecular complexity index is 1240. The van der Waals surface area contributed by atoms with E-state index in [-0.39, 0.29) is 19.1 Å². The van der Waals surface area contributed by atoms with Gasteiger partial charge in [0.1, 0.15) is 13.2 Å². The van der Waals surface area contributed by atoms with E-state index in [1.165, 1.54) is 148 Å². The van der Waals surface area contributed by atoms with Crippen molar-refractivity contribution in [2.24, 2.45) is 0 Å². The number of nitrogens with one attached hydrogen (secondary N) is 1. The molecule has 2 N–H and O–H groups in total. The smallest absolute Gasteiger partial charge is 0.268 e. The number of phosphoric acid groups is 1. The average molecular weight is 933 g/mol. The van der Waals surface area contributed by atoms with Gasteiger partial charge in [-0.15, -0.1) is 0 Å². The van der Waals surface area contributed by atoms with Crippen LogP contribution in [0.15, 0.2) is 60.8 Å². The highest BCUT2D eigenvalue weighted by molar-refractivity contribution is 7.45. The molecule has 0 aromatic heterocycles. The lowest BCUT2D eigenvalue weighted by molar-refractivity contribution is -0.870. The first-order valence-electron chi connectivity index (χ1n) is 27.2. The Morgan fingerprint density at radius 3 is 1.37 bits per heavy atom. The van der Waals surface area contributed by atoms with E-state index in [1.807, 2.05) is 27.2 Å². The van der Waals surface area contributed by atoms with E-state index in [2.05, 4.69) is 67.8 Å². The molecule has 0 saturated heterocycles. The number of nitrogens with zero attached hydrogens (tertiary/aromatic N) is 1. The van der Waals surface area contributed by atoms with Crippen LogP contribution in [0.2, 0.25) is 0 Å². The molecular weight excluding hydrogens is 828 g/mol. The number of allylic oxidation sites excluding steroid dienone is 9. The number of carbonyl (C=O) groups excluding carboxylic acids is 1. The van der Waals surface area contributed by atoms with Crippen LogP contribution in [-0.4, -0.2) is 68.5 Å². The van der Waals surface area contributed by atoms with Crippen LogP contribution in [0.4, 0.5) is 0 Å². The van der Waals surface area contributed by atoms with Gasteiger partial charge in [-0.2, -0.15) is 0 Å². The molecule has 3 atom stereocenters. The maximum Gasteiger partial charge on any atom is 0.268 e. The molecular formula is C56H105N2O6P. The Kier molecular flexibility index (Phi) is 46.0. The molecule has 0 aliphatic heterocycles. The first-order chi connectivity index (χ1) is 31.5. The Morgan fingerprint density at radius 1 is 0.554 bits per heavy atom. The third kappa shape index (κ3) is 49.9. The third-order valence-electron chi connectivity index (χ3n) is 12.0. The molecule has 0 aromatic rings. The number of unbranched alkanes of at least 4 members (excludes halogenated alkanes) is 28. The quantitative estimate of drug-likeness (QED) is 0.0272. The summed E-state index contributed by atoms with van der Waals surface area (Å²) in [6, 6.07) is -0.882. The van der Waals surface area contributed by atoms with Crippen molar-refractivity contribution in [1.82, 2.24) is 5.32 Å². The largest absolute Gasteiger partial charge is 0.756 e. The highest BCUT2D eigenvalue weighted by Crippen LogP contribution is 2.38. The van der Waals surface area contributed by atoms with Crippen LogP contribution in [0.5, 0.6) is 0 Å². The number of amides is 1. The molecule has 0 aliphatic carbocycles. The zero-order chi connectivity index (χ0) is 47.8. The lowest BCUT2D eigenvalue weighted by Crippen LogP contribution is -2.45. The molecule has 0 aliphatic rings. The van der Waals surface area contributed by atoms with Gasteiger partial charge in [0.25, 0.3) is 7.82 Å². The van der Waals surface area contributed by atoms with E-state index >= 15 is 0 Å². The Hall–Kier alpha value is -1.80. The molecule has 65 heavy (non-hydrogen) atoms. The minimum atomic E-state index is -4.58. The number of carbonyl (C=O) groups is 1. The molecule has 0 radical (unpaired) electrons. The molecule has 0 saturated carbocycles. The van der Waals surface area contributed by atoms with Crippen LogP contribution in [-0.2, 0) is 18.4 Å². The molecule has 3 unspecified atom stereocenters. The van der Waals surface area contributed by atoms with Gasteiger partial charge in [-0.05, 0) is 57.8 Å². The Morgan fingerprint density at radius 2 is 0.938 bits per heavy atom. The van der Waals surface area contributed by atoms with E-state index in [1.54, 1.807) is 6.08 Å². The first kappa shape index (κ1) is 63.2. The minimum Gasteiger partial charge on any atom is -0.756 e. The number of likely N-dealkylation sites (N-methyl/N-ethyl adjacent to an activating group) is 1. The first-order valence-corrected chi connectivity index (χ1v) is 28.6. The van der Waals surface area contributed by atoms with E-state index < -0.39 is 20.0 Å². The highest BCUT2D eigenvalue weighted by atomic mass is 31.2. The molecule has 1 amide bonds. The van der Waals surface area contributed by atoms with Gasteiger partial charge in [0, 0.05) is 6.42 Å². The van der Waals surface area contributed by atoms with E-state index in [9.17, 15) is 19.4 Å². The SMILES string of the molecule is CC/C=C\C/C=C\C/C=C\C/C=C\CCCCCCCCCCCCCCCCCCCCCCCCCCC(=O)NC(COP(=O)([O-])OCC[N+](C)(C)C)C(O)/C=C/CCCCCC. The fraction of sp³-hybridized carbons (Fsp3) is 0.804. The van der Waals surface area contributed by atoms with Crippen LogP contribution in [0.1, 0.15) is 239 Å². The predicted octanol–water partition coefficient (Wildman–Crippen LogP) is 15.5. The van der Waals surface area contributed by atoms with Gasteiger partial charge < -0.3 is 28.8 Å². The van der Waals surface area contributed by atoms with Crippen molar-refractivity contribution in [3.05, 3.63) is 60.8 Å². The maximum absolute atomic E-state index is 12.8. The van der Waals surface area contributed by atoms with Gasteiger partial charge in [-0.25, -0.2) is 0 Å². The highest BCUT2D eigenvalue weighted by Gasteiger charge is 2.23. The lowest BCUT2D eigenvalue weighted by Gasteiger charge is -2.29. The van der Waals surface area contributed by atoms with Gasteiger partial charge in [0.05, 0.1) is 39.9 Å². The summed E-state index contributed by atoms with van der Waals surface area (Å²) in [5.74, 6) is -0.201. The lowest BCUT2D eigenvalue weighted by atomic mass is 10.0. The average Bonchev–Trinajstić information content (AvgIpc) is 3.26. The molecule has 8 nitrogen and oxygen atoms in total. The Balaban J connectivity index is 3.76. The minimum absolute atomic E-state index is 0.00127. The molecule has 9 heteroatoms. The Labute approximate surface area is 402 Å². The third-order valence-corrected chi connectivity index (χ3v) is 12.9. The van der Waals surface area contributed by atoms with Crippen molar-refractivity contribution in [2.75, 3.05) is 40.9 Å². The summed E-state index contributed by atoms with van der Waals surface area (Å²) < 4.78 is 23.1. The zero-order valence-electron chi connectivity index (χ0n) is 43.2. The van der Waals surface area contributed by atoms with Crippen LogP contribution < -0.4 is 10.2 Å². The molecule has 0 rings (SSSR count). The number of hydrogen-bond donors (Lipinski definition) is 2. The van der Waals surface area contributed by atoms with Crippen molar-refractivity contribution in [3.63, 3.8) is 0 Å². The summed E-state index contributed by atoms with van der Waals surface area (Å²) in [5, 5.41) is 13.6. The van der Waals surface area contributed by atoms with Crippen LogP contribution in [0, 0.1) is 0 Å². The van der Waals surface area contributed by atoms with Gasteiger partial charge >= 0.3 is 0 Å². The van der Waals surface area contributed by atoms with Gasteiger partial charge in [0.15, 0.2) is 0 Å². The fourth-order valence-electron chi connectivity index (χ4n) is 7.73. The second-order valence-corrected chi connectivity index (χ2v) is 21.0. The van der Waals surface area contributed by atoms with Crippen LogP contribution in [0.3, 0.4) is 0 Å². The number of aliphatic hydroxyl groups excluding tert-OH is 1. The van der Waals surface area contributed by atoms with Crippen molar-refractivity contribution in [3.8, 4) is 0 Å². The zero-order valence-corrected chi connectivity index (χ0v) is 44.1. The summed E-state index contributed by atoms with van der Waals surface area (Å²) in [7, 11) is 1.26. The second kappa shape index (κ2) is 47.3. The van der Waals surface area contributed by atoms with Crippen molar-refractivity contribution >= 4 is 13.7 Å². The topological polar surface area (TPSA) is 108 Å². The van der Waals surface area contributed by atoms with E-state index in [0.29, 0.717) is 17.4 Å². The normalized spacial score (nSPS) is 14.5. The number of aliphatic hydroxyl groups is 1. The standard InChI is InChI=1S/C56H105N2O6P/c1-6-8-10-12-14-15-16-17-18-19-20-21-22-23-24-25-26-27-28-29-30-31-32-33-34-35-36-37-38-39-40-41-42-43-44-46-48-50-56(60)57-54(55(59)49-47-45-13-11-9-7-2)53-64-65(61,62)63-52-51-58(3,4)5/h8,10,14-15,17-18,20-21,47,49,54-55,59H,6-7,9,11-13,16,19,22-46,48,50-53H2,1-5H3,(H-,57,60,61,62)/b10-8-,15-14-,18-17-,21-20-,49-47+. The van der Waals surface area contributed by atoms with Crippen molar-refractivity contribution in [1.29, 1.82) is 0 Å².